The van der Waals surface area contributed by atoms with Gasteiger partial charge in [-0.05, 0) is 43.7 Å². The lowest BCUT2D eigenvalue weighted by Crippen LogP contribution is -2.40. The van der Waals surface area contributed by atoms with E-state index in [-0.39, 0.29) is 11.9 Å². The molecule has 0 spiro atoms. The average Bonchev–Trinajstić information content (AvgIpc) is 3.10. The van der Waals surface area contributed by atoms with Crippen molar-refractivity contribution < 1.29 is 9.53 Å². The van der Waals surface area contributed by atoms with Crippen LogP contribution in [0.25, 0.3) is 11.1 Å². The molecule has 0 radical (unpaired) electrons. The van der Waals surface area contributed by atoms with E-state index >= 15 is 0 Å². The molecule has 0 aromatic heterocycles. The summed E-state index contributed by atoms with van der Waals surface area (Å²) in [5, 5.41) is 3.19. The van der Waals surface area contributed by atoms with Gasteiger partial charge < -0.3 is 15.0 Å². The van der Waals surface area contributed by atoms with Crippen LogP contribution in [0.1, 0.15) is 23.2 Å². The van der Waals surface area contributed by atoms with Gasteiger partial charge in [-0.1, -0.05) is 30.3 Å². The van der Waals surface area contributed by atoms with Crippen molar-refractivity contribution in [1.82, 2.24) is 10.2 Å². The fraction of sp³-hybridized carbons (Fsp3) is 0.350. The number of carbonyl (C=O) groups excluding carboxylic acids is 1. The highest BCUT2D eigenvalue weighted by Gasteiger charge is 2.29. The Morgan fingerprint density at radius 2 is 2.04 bits per heavy atom. The number of nitrogens with zero attached hydrogens (tertiary/aromatic N) is 1. The second kappa shape index (κ2) is 7.49. The lowest BCUT2D eigenvalue weighted by atomic mass is 10.0. The Kier molecular flexibility index (Phi) is 5.16. The van der Waals surface area contributed by atoms with Gasteiger partial charge in [-0.3, -0.25) is 4.79 Å². The van der Waals surface area contributed by atoms with E-state index in [1.807, 2.05) is 60.5 Å². The van der Waals surface area contributed by atoms with Crippen LogP contribution in [0, 0.1) is 0 Å². The molecule has 0 aliphatic carbocycles. The van der Waals surface area contributed by atoms with Crippen molar-refractivity contribution in [2.24, 2.45) is 0 Å². The van der Waals surface area contributed by atoms with Crippen molar-refractivity contribution in [2.75, 3.05) is 27.2 Å². The zero-order valence-corrected chi connectivity index (χ0v) is 14.3. The summed E-state index contributed by atoms with van der Waals surface area (Å²) in [6, 6.07) is 16.0. The second-order valence-corrected chi connectivity index (χ2v) is 6.13. The molecule has 1 aliphatic heterocycles. The fourth-order valence-corrected chi connectivity index (χ4v) is 3.40. The highest BCUT2D eigenvalue weighted by atomic mass is 16.5. The number of likely N-dealkylation sites (tertiary alicyclic amines) is 1. The molecule has 1 aliphatic rings. The Balaban J connectivity index is 1.93. The van der Waals surface area contributed by atoms with Crippen LogP contribution in [-0.4, -0.2) is 44.1 Å². The minimum absolute atomic E-state index is 0.104. The van der Waals surface area contributed by atoms with Crippen molar-refractivity contribution >= 4 is 5.91 Å². The first kappa shape index (κ1) is 16.5. The van der Waals surface area contributed by atoms with Gasteiger partial charge in [0, 0.05) is 30.3 Å². The van der Waals surface area contributed by atoms with E-state index in [0.717, 1.165) is 48.4 Å². The third kappa shape index (κ3) is 3.29. The van der Waals surface area contributed by atoms with Crippen LogP contribution >= 0.6 is 0 Å². The number of methoxy groups -OCH3 is 1. The van der Waals surface area contributed by atoms with Gasteiger partial charge in [0.25, 0.3) is 5.91 Å². The largest absolute Gasteiger partial charge is 0.496 e. The summed E-state index contributed by atoms with van der Waals surface area (Å²) >= 11 is 0. The van der Waals surface area contributed by atoms with Crippen LogP contribution in [0.15, 0.2) is 48.5 Å². The van der Waals surface area contributed by atoms with Crippen molar-refractivity contribution in [2.45, 2.75) is 18.9 Å². The van der Waals surface area contributed by atoms with Gasteiger partial charge in [0.15, 0.2) is 0 Å². The van der Waals surface area contributed by atoms with Crippen LogP contribution in [0.5, 0.6) is 5.75 Å². The molecule has 4 heteroatoms. The summed E-state index contributed by atoms with van der Waals surface area (Å²) < 4.78 is 5.48. The maximum atomic E-state index is 13.0. The molecule has 1 amide bonds. The smallest absolute Gasteiger partial charge is 0.254 e. The lowest BCUT2D eigenvalue weighted by molar-refractivity contribution is 0.0737. The van der Waals surface area contributed by atoms with E-state index in [9.17, 15) is 4.79 Å². The highest BCUT2D eigenvalue weighted by molar-refractivity contribution is 5.96. The number of nitrogens with one attached hydrogen (secondary N) is 1. The number of rotatable bonds is 5. The topological polar surface area (TPSA) is 41.6 Å². The Hall–Kier alpha value is -2.33. The molecule has 3 rings (SSSR count). The predicted octanol–water partition coefficient (Wildman–Crippen LogP) is 3.19. The van der Waals surface area contributed by atoms with Crippen LogP contribution in [0.3, 0.4) is 0 Å². The second-order valence-electron chi connectivity index (χ2n) is 6.13. The molecule has 1 saturated heterocycles. The van der Waals surface area contributed by atoms with Gasteiger partial charge in [-0.25, -0.2) is 0 Å². The Morgan fingerprint density at radius 1 is 1.25 bits per heavy atom. The van der Waals surface area contributed by atoms with E-state index < -0.39 is 0 Å². The molecule has 1 N–H and O–H groups in total. The first-order valence-electron chi connectivity index (χ1n) is 8.43. The summed E-state index contributed by atoms with van der Waals surface area (Å²) in [5.74, 6) is 0.888. The van der Waals surface area contributed by atoms with Gasteiger partial charge in [0.05, 0.1) is 7.11 Å². The number of ether oxygens (including phenoxy) is 1. The Labute approximate surface area is 143 Å². The monoisotopic (exact) mass is 324 g/mol. The first-order chi connectivity index (χ1) is 11.7. The van der Waals surface area contributed by atoms with Gasteiger partial charge in [-0.2, -0.15) is 0 Å². The molecule has 4 nitrogen and oxygen atoms in total. The quantitative estimate of drug-likeness (QED) is 0.918. The number of benzene rings is 2. The number of hydrogen-bond donors (Lipinski definition) is 1. The summed E-state index contributed by atoms with van der Waals surface area (Å²) in [7, 11) is 3.59. The maximum Gasteiger partial charge on any atom is 0.254 e. The number of amides is 1. The Bertz CT molecular complexity index is 700. The molecular formula is C20H24N2O2. The molecule has 1 atom stereocenters. The third-order valence-electron chi connectivity index (χ3n) is 4.61. The van der Waals surface area contributed by atoms with E-state index in [1.54, 1.807) is 7.11 Å². The molecule has 1 heterocycles. The highest BCUT2D eigenvalue weighted by Crippen LogP contribution is 2.31. The van der Waals surface area contributed by atoms with E-state index in [0.29, 0.717) is 0 Å². The number of carbonyl (C=O) groups is 1. The summed E-state index contributed by atoms with van der Waals surface area (Å²) in [5.41, 5.74) is 2.73. The molecule has 0 saturated carbocycles. The molecule has 24 heavy (non-hydrogen) atoms. The van der Waals surface area contributed by atoms with Crippen molar-refractivity contribution in [3.63, 3.8) is 0 Å². The van der Waals surface area contributed by atoms with Crippen LogP contribution in [0.2, 0.25) is 0 Å². The average molecular weight is 324 g/mol. The lowest BCUT2D eigenvalue weighted by Gasteiger charge is -2.25. The van der Waals surface area contributed by atoms with Crippen molar-refractivity contribution in [3.8, 4) is 16.9 Å². The Morgan fingerprint density at radius 3 is 2.75 bits per heavy atom. The van der Waals surface area contributed by atoms with Crippen molar-refractivity contribution in [3.05, 3.63) is 54.1 Å². The van der Waals surface area contributed by atoms with Crippen LogP contribution in [0.4, 0.5) is 0 Å². The molecule has 1 fully saturated rings. The standard InChI is InChI=1S/C20H24N2O2/c1-21-14-17-9-6-12-22(17)20(23)16-10-11-19(24-2)18(13-16)15-7-4-3-5-8-15/h3-5,7-8,10-11,13,17,21H,6,9,12,14H2,1-2H3. The zero-order chi connectivity index (χ0) is 16.9. The fourth-order valence-electron chi connectivity index (χ4n) is 3.40. The minimum Gasteiger partial charge on any atom is -0.496 e. The van der Waals surface area contributed by atoms with Crippen LogP contribution < -0.4 is 10.1 Å². The number of likely N-dealkylation sites (N-methyl/N-ethyl adjacent to an activating group) is 1. The zero-order valence-electron chi connectivity index (χ0n) is 14.3. The first-order valence-corrected chi connectivity index (χ1v) is 8.43. The van der Waals surface area contributed by atoms with E-state index in [2.05, 4.69) is 5.32 Å². The maximum absolute atomic E-state index is 13.0. The SMILES string of the molecule is CNCC1CCCN1C(=O)c1ccc(OC)c(-c2ccccc2)c1. The van der Waals surface area contributed by atoms with Gasteiger partial charge in [0.1, 0.15) is 5.75 Å². The minimum atomic E-state index is 0.104. The predicted molar refractivity (Wildman–Crippen MR) is 96.4 cm³/mol. The summed E-state index contributed by atoms with van der Waals surface area (Å²) in [6.45, 7) is 1.67. The summed E-state index contributed by atoms with van der Waals surface area (Å²) in [6.07, 6.45) is 2.13. The van der Waals surface area contributed by atoms with Gasteiger partial charge >= 0.3 is 0 Å². The molecule has 126 valence electrons. The molecule has 2 aromatic rings. The molecular weight excluding hydrogens is 300 g/mol. The van der Waals surface area contributed by atoms with E-state index in [4.69, 9.17) is 4.74 Å². The van der Waals surface area contributed by atoms with E-state index in [1.165, 1.54) is 0 Å². The molecule has 2 aromatic carbocycles. The van der Waals surface area contributed by atoms with Crippen LogP contribution in [-0.2, 0) is 0 Å². The molecule has 0 bridgehead atoms. The third-order valence-corrected chi connectivity index (χ3v) is 4.61. The molecule has 1 unspecified atom stereocenters. The van der Waals surface area contributed by atoms with Gasteiger partial charge in [0.2, 0.25) is 0 Å². The van der Waals surface area contributed by atoms with Crippen molar-refractivity contribution in [1.29, 1.82) is 0 Å². The number of hydrogen-bond acceptors (Lipinski definition) is 3. The van der Waals surface area contributed by atoms with Gasteiger partial charge in [-0.15, -0.1) is 0 Å². The normalized spacial score (nSPS) is 17.1. The summed E-state index contributed by atoms with van der Waals surface area (Å²) in [4.78, 5) is 15.0.